The van der Waals surface area contributed by atoms with Crippen LogP contribution in [0.3, 0.4) is 0 Å². The molecule has 0 bridgehead atoms. The van der Waals surface area contributed by atoms with E-state index in [1.807, 2.05) is 37.3 Å². The summed E-state index contributed by atoms with van der Waals surface area (Å²) in [6.07, 6.45) is 1.81. The van der Waals surface area contributed by atoms with Crippen molar-refractivity contribution in [2.75, 3.05) is 25.7 Å². The Bertz CT molecular complexity index is 1290. The van der Waals surface area contributed by atoms with Gasteiger partial charge in [0.2, 0.25) is 0 Å². The zero-order valence-electron chi connectivity index (χ0n) is 19.6. The molecule has 0 fully saturated rings. The average molecular weight is 493 g/mol. The second kappa shape index (κ2) is 10.7. The summed E-state index contributed by atoms with van der Waals surface area (Å²) < 4.78 is 24.0. The number of nitrogens with zero attached hydrogens (tertiary/aromatic N) is 1. The first-order valence-corrected chi connectivity index (χ1v) is 11.9. The molecular weight excluding hydrogens is 467 g/mol. The number of methoxy groups -OCH3 is 1. The highest BCUT2D eigenvalue weighted by Gasteiger charge is 2.27. The molecule has 1 aliphatic heterocycles. The molecule has 8 heteroatoms. The minimum atomic E-state index is -0.324. The fourth-order valence-corrected chi connectivity index (χ4v) is 4.71. The number of halogens is 1. The molecule has 1 aliphatic rings. The van der Waals surface area contributed by atoms with E-state index in [0.29, 0.717) is 34.3 Å². The Kier molecular flexibility index (Phi) is 7.41. The van der Waals surface area contributed by atoms with E-state index in [1.54, 1.807) is 43.3 Å². The Morgan fingerprint density at radius 2 is 1.86 bits per heavy atom. The Hall–Kier alpha value is -3.78. The maximum Gasteiger partial charge on any atom is 0.264 e. The van der Waals surface area contributed by atoms with E-state index in [-0.39, 0.29) is 24.2 Å². The van der Waals surface area contributed by atoms with Crippen LogP contribution in [-0.2, 0) is 11.3 Å². The summed E-state index contributed by atoms with van der Waals surface area (Å²) in [5.41, 5.74) is 2.71. The molecule has 35 heavy (non-hydrogen) atoms. The van der Waals surface area contributed by atoms with Crippen molar-refractivity contribution < 1.29 is 23.5 Å². The van der Waals surface area contributed by atoms with E-state index in [4.69, 9.17) is 9.47 Å². The molecular formula is C27H25FN2O4S. The molecule has 0 aromatic heterocycles. The number of likely N-dealkylation sites (N-methyl/N-ethyl adjacent to an activating group) is 1. The van der Waals surface area contributed by atoms with E-state index in [1.165, 1.54) is 23.9 Å². The van der Waals surface area contributed by atoms with Gasteiger partial charge in [-0.05, 0) is 66.6 Å². The van der Waals surface area contributed by atoms with Crippen molar-refractivity contribution in [3.63, 3.8) is 0 Å². The number of carbonyl (C=O) groups excluding carboxylic acids is 2. The number of fused-ring (bicyclic) bond motifs is 1. The van der Waals surface area contributed by atoms with Gasteiger partial charge in [0.05, 0.1) is 24.3 Å². The monoisotopic (exact) mass is 492 g/mol. The van der Waals surface area contributed by atoms with Gasteiger partial charge in [-0.25, -0.2) is 4.39 Å². The largest absolute Gasteiger partial charge is 0.493 e. The van der Waals surface area contributed by atoms with Crippen LogP contribution in [0.1, 0.15) is 28.4 Å². The van der Waals surface area contributed by atoms with Crippen molar-refractivity contribution in [1.82, 2.24) is 5.32 Å². The van der Waals surface area contributed by atoms with Crippen LogP contribution in [0, 0.1) is 5.82 Å². The Labute approximate surface area is 207 Å². The van der Waals surface area contributed by atoms with E-state index < -0.39 is 0 Å². The first kappa shape index (κ1) is 24.3. The molecule has 3 aromatic carbocycles. The quantitative estimate of drug-likeness (QED) is 0.455. The number of ether oxygens (including phenoxy) is 2. The van der Waals surface area contributed by atoms with Crippen LogP contribution in [-0.4, -0.2) is 32.6 Å². The van der Waals surface area contributed by atoms with E-state index in [9.17, 15) is 14.0 Å². The van der Waals surface area contributed by atoms with Crippen molar-refractivity contribution in [3.8, 4) is 11.5 Å². The van der Waals surface area contributed by atoms with Gasteiger partial charge in [-0.3, -0.25) is 9.59 Å². The summed E-state index contributed by atoms with van der Waals surface area (Å²) in [4.78, 5) is 28.7. The SMILES string of the molecule is CCOc1ccc(/C=C2/Sc3ccc(C(=O)NCc4ccc(F)cc4)cc3N(C)C2=O)cc1OC. The maximum atomic E-state index is 13.1. The molecule has 0 spiro atoms. The standard InChI is InChI=1S/C27H25FN2O4S/c1-4-34-22-11-7-18(13-23(22)33-3)14-25-27(32)30(2)21-15-19(8-12-24(21)35-25)26(31)29-16-17-5-9-20(28)10-6-17/h5-15H,4,16H2,1-3H3,(H,29,31)/b25-14+. The molecule has 0 aliphatic carbocycles. The van der Waals surface area contributed by atoms with Crippen molar-refractivity contribution in [2.45, 2.75) is 18.4 Å². The molecule has 0 radical (unpaired) electrons. The fourth-order valence-electron chi connectivity index (χ4n) is 3.62. The second-order valence-corrected chi connectivity index (χ2v) is 8.89. The van der Waals surface area contributed by atoms with Gasteiger partial charge >= 0.3 is 0 Å². The van der Waals surface area contributed by atoms with Gasteiger partial charge in [-0.2, -0.15) is 0 Å². The first-order valence-electron chi connectivity index (χ1n) is 11.0. The van der Waals surface area contributed by atoms with Crippen LogP contribution in [0.5, 0.6) is 11.5 Å². The van der Waals surface area contributed by atoms with Gasteiger partial charge in [0.25, 0.3) is 11.8 Å². The van der Waals surface area contributed by atoms with Crippen LogP contribution in [0.15, 0.2) is 70.5 Å². The van der Waals surface area contributed by atoms with Crippen molar-refractivity contribution >= 4 is 35.3 Å². The molecule has 6 nitrogen and oxygen atoms in total. The zero-order valence-corrected chi connectivity index (χ0v) is 20.4. The number of carbonyl (C=O) groups is 2. The van der Waals surface area contributed by atoms with E-state index in [2.05, 4.69) is 5.32 Å². The lowest BCUT2D eigenvalue weighted by Crippen LogP contribution is -2.31. The van der Waals surface area contributed by atoms with Crippen LogP contribution in [0.4, 0.5) is 10.1 Å². The summed E-state index contributed by atoms with van der Waals surface area (Å²) >= 11 is 1.35. The topological polar surface area (TPSA) is 67.9 Å². The highest BCUT2D eigenvalue weighted by Crippen LogP contribution is 2.42. The zero-order chi connectivity index (χ0) is 24.9. The minimum Gasteiger partial charge on any atom is -0.493 e. The number of nitrogens with one attached hydrogen (secondary N) is 1. The van der Waals surface area contributed by atoms with Gasteiger partial charge in [-0.15, -0.1) is 0 Å². The summed E-state index contributed by atoms with van der Waals surface area (Å²) in [7, 11) is 3.26. The maximum absolute atomic E-state index is 13.1. The van der Waals surface area contributed by atoms with Crippen LogP contribution in [0.2, 0.25) is 0 Å². The van der Waals surface area contributed by atoms with Gasteiger partial charge in [0, 0.05) is 24.1 Å². The Balaban J connectivity index is 1.52. The van der Waals surface area contributed by atoms with E-state index in [0.717, 1.165) is 16.0 Å². The molecule has 3 aromatic rings. The van der Waals surface area contributed by atoms with Gasteiger partial charge in [-0.1, -0.05) is 30.0 Å². The molecule has 1 N–H and O–H groups in total. The van der Waals surface area contributed by atoms with Gasteiger partial charge < -0.3 is 19.7 Å². The lowest BCUT2D eigenvalue weighted by Gasteiger charge is -2.27. The second-order valence-electron chi connectivity index (χ2n) is 7.81. The summed E-state index contributed by atoms with van der Waals surface area (Å²) in [5.74, 6) is 0.479. The molecule has 2 amide bonds. The fraction of sp³-hybridized carbons (Fsp3) is 0.185. The molecule has 1 heterocycles. The number of benzene rings is 3. The molecule has 0 atom stereocenters. The number of amides is 2. The number of anilines is 1. The molecule has 0 saturated carbocycles. The highest BCUT2D eigenvalue weighted by molar-refractivity contribution is 8.04. The predicted octanol–water partition coefficient (Wildman–Crippen LogP) is 5.27. The number of thioether (sulfide) groups is 1. The highest BCUT2D eigenvalue weighted by atomic mass is 32.2. The Morgan fingerprint density at radius 1 is 1.09 bits per heavy atom. The third-order valence-corrected chi connectivity index (χ3v) is 6.55. The lowest BCUT2D eigenvalue weighted by molar-refractivity contribution is -0.114. The third-order valence-electron chi connectivity index (χ3n) is 5.47. The normalized spacial score (nSPS) is 14.0. The van der Waals surface area contributed by atoms with Gasteiger partial charge in [0.15, 0.2) is 11.5 Å². The Morgan fingerprint density at radius 3 is 2.57 bits per heavy atom. The van der Waals surface area contributed by atoms with Crippen LogP contribution < -0.4 is 19.7 Å². The number of hydrogen-bond acceptors (Lipinski definition) is 5. The number of rotatable bonds is 7. The summed E-state index contributed by atoms with van der Waals surface area (Å²) in [5, 5.41) is 2.83. The predicted molar refractivity (Wildman–Crippen MR) is 135 cm³/mol. The van der Waals surface area contributed by atoms with Gasteiger partial charge in [0.1, 0.15) is 5.82 Å². The van der Waals surface area contributed by atoms with Crippen LogP contribution >= 0.6 is 11.8 Å². The third kappa shape index (κ3) is 5.49. The molecule has 0 unspecified atom stereocenters. The minimum absolute atomic E-state index is 0.167. The summed E-state index contributed by atoms with van der Waals surface area (Å²) in [6, 6.07) is 16.7. The van der Waals surface area contributed by atoms with Crippen LogP contribution in [0.25, 0.3) is 6.08 Å². The summed E-state index contributed by atoms with van der Waals surface area (Å²) in [6.45, 7) is 2.71. The first-order chi connectivity index (χ1) is 16.9. The lowest BCUT2D eigenvalue weighted by atomic mass is 10.1. The van der Waals surface area contributed by atoms with Crippen molar-refractivity contribution in [3.05, 3.63) is 88.1 Å². The smallest absolute Gasteiger partial charge is 0.264 e. The molecule has 4 rings (SSSR count). The molecule has 180 valence electrons. The average Bonchev–Trinajstić information content (AvgIpc) is 2.87. The van der Waals surface area contributed by atoms with E-state index >= 15 is 0 Å². The molecule has 0 saturated heterocycles. The number of hydrogen-bond donors (Lipinski definition) is 1. The van der Waals surface area contributed by atoms with Crippen molar-refractivity contribution in [2.24, 2.45) is 0 Å². The van der Waals surface area contributed by atoms with Crippen molar-refractivity contribution in [1.29, 1.82) is 0 Å².